The summed E-state index contributed by atoms with van der Waals surface area (Å²) in [6.07, 6.45) is -2.85. The molecule has 11 heavy (non-hydrogen) atoms. The summed E-state index contributed by atoms with van der Waals surface area (Å²) in [6, 6.07) is 0. The van der Waals surface area contributed by atoms with Crippen molar-refractivity contribution in [3.63, 3.8) is 0 Å². The van der Waals surface area contributed by atoms with E-state index in [1.165, 1.54) is 0 Å². The van der Waals surface area contributed by atoms with E-state index in [2.05, 4.69) is 0 Å². The molecule has 0 amide bonds. The van der Waals surface area contributed by atoms with Crippen LogP contribution in [0.3, 0.4) is 0 Å². The van der Waals surface area contributed by atoms with Gasteiger partial charge in [-0.15, -0.1) is 0 Å². The average molecular weight is 227 g/mol. The summed E-state index contributed by atoms with van der Waals surface area (Å²) in [6.45, 7) is -0.106. The van der Waals surface area contributed by atoms with Crippen LogP contribution in [0.25, 0.3) is 0 Å². The molecule has 1 aliphatic rings. The number of aliphatic hydroxyl groups is 4. The molecule has 4 atom stereocenters. The van der Waals surface area contributed by atoms with Gasteiger partial charge in [-0.05, 0) is 0 Å². The molecule has 0 saturated carbocycles. The standard InChI is InChI=1S/C6H12O4Se/c7-1-4-6(10)5(9)3(8)2-11-4/h3-10H,1-2H2/t3-,4?,5?,6+/m0/s1. The van der Waals surface area contributed by atoms with Crippen LogP contribution in [0, 0.1) is 0 Å². The average Bonchev–Trinajstić information content (AvgIpc) is 2.01. The van der Waals surface area contributed by atoms with E-state index in [-0.39, 0.29) is 26.4 Å². The first kappa shape index (κ1) is 9.45. The Morgan fingerprint density at radius 2 is 1.82 bits per heavy atom. The minimum atomic E-state index is -1.08. The second-order valence-corrected chi connectivity index (χ2v) is 5.27. The zero-order valence-electron chi connectivity index (χ0n) is 5.92. The van der Waals surface area contributed by atoms with E-state index in [0.29, 0.717) is 5.32 Å². The minimum absolute atomic E-state index is 0.0345. The van der Waals surface area contributed by atoms with Gasteiger partial charge in [0.25, 0.3) is 0 Å². The molecule has 1 saturated heterocycles. The van der Waals surface area contributed by atoms with E-state index >= 15 is 0 Å². The van der Waals surface area contributed by atoms with E-state index in [1.54, 1.807) is 0 Å². The van der Waals surface area contributed by atoms with Gasteiger partial charge in [0.2, 0.25) is 0 Å². The van der Waals surface area contributed by atoms with Gasteiger partial charge in [-0.3, -0.25) is 0 Å². The molecular formula is C6H12O4Se. The molecule has 2 unspecified atom stereocenters. The van der Waals surface area contributed by atoms with Crippen LogP contribution in [0.1, 0.15) is 0 Å². The molecule has 4 N–H and O–H groups in total. The van der Waals surface area contributed by atoms with Crippen molar-refractivity contribution in [2.45, 2.75) is 28.4 Å². The van der Waals surface area contributed by atoms with E-state index in [1.807, 2.05) is 0 Å². The predicted octanol–water partition coefficient (Wildman–Crippen LogP) is -2.01. The van der Waals surface area contributed by atoms with Crippen molar-refractivity contribution in [3.05, 3.63) is 0 Å². The van der Waals surface area contributed by atoms with Gasteiger partial charge in [0.15, 0.2) is 0 Å². The summed E-state index contributed by atoms with van der Waals surface area (Å²) < 4.78 is 0. The van der Waals surface area contributed by atoms with Crippen molar-refractivity contribution < 1.29 is 20.4 Å². The van der Waals surface area contributed by atoms with Gasteiger partial charge in [-0.25, -0.2) is 0 Å². The molecule has 1 heterocycles. The quantitative estimate of drug-likeness (QED) is 0.390. The molecule has 0 radical (unpaired) electrons. The van der Waals surface area contributed by atoms with Gasteiger partial charge in [0.1, 0.15) is 0 Å². The molecule has 5 heteroatoms. The molecule has 4 nitrogen and oxygen atoms in total. The van der Waals surface area contributed by atoms with E-state index < -0.39 is 18.3 Å². The van der Waals surface area contributed by atoms with Crippen LogP contribution in [0.2, 0.25) is 10.1 Å². The van der Waals surface area contributed by atoms with Crippen LogP contribution in [0.5, 0.6) is 0 Å². The molecule has 66 valence electrons. The third kappa shape index (κ3) is 1.93. The van der Waals surface area contributed by atoms with Crippen LogP contribution in [-0.2, 0) is 0 Å². The third-order valence-corrected chi connectivity index (χ3v) is 4.70. The van der Waals surface area contributed by atoms with Gasteiger partial charge in [0.05, 0.1) is 0 Å². The number of hydrogen-bond acceptors (Lipinski definition) is 4. The van der Waals surface area contributed by atoms with Crippen LogP contribution < -0.4 is 0 Å². The molecule has 1 aliphatic heterocycles. The van der Waals surface area contributed by atoms with Crippen molar-refractivity contribution in [1.29, 1.82) is 0 Å². The Labute approximate surface area is 71.0 Å². The predicted molar refractivity (Wildman–Crippen MR) is 39.4 cm³/mol. The Hall–Kier alpha value is 0.359. The summed E-state index contributed by atoms with van der Waals surface area (Å²) in [5.41, 5.74) is 0. The Bertz CT molecular complexity index is 130. The second-order valence-electron chi connectivity index (χ2n) is 2.60. The molecular weight excluding hydrogens is 215 g/mol. The summed E-state index contributed by atoms with van der Waals surface area (Å²) in [4.78, 5) is -0.221. The molecule has 0 bridgehead atoms. The van der Waals surface area contributed by atoms with Crippen molar-refractivity contribution in [2.24, 2.45) is 0 Å². The van der Waals surface area contributed by atoms with Crippen LogP contribution in [-0.4, -0.2) is 60.3 Å². The van der Waals surface area contributed by atoms with Crippen LogP contribution in [0.4, 0.5) is 0 Å². The molecule has 0 aromatic rings. The maximum atomic E-state index is 9.25. The summed E-state index contributed by atoms with van der Waals surface area (Å²) in [7, 11) is 0. The Morgan fingerprint density at radius 1 is 1.18 bits per heavy atom. The maximum absolute atomic E-state index is 9.25. The number of hydrogen-bond donors (Lipinski definition) is 4. The van der Waals surface area contributed by atoms with Gasteiger partial charge >= 0.3 is 70.4 Å². The number of rotatable bonds is 1. The van der Waals surface area contributed by atoms with E-state index in [0.717, 1.165) is 0 Å². The van der Waals surface area contributed by atoms with Crippen LogP contribution >= 0.6 is 0 Å². The zero-order chi connectivity index (χ0) is 8.43. The molecule has 0 aliphatic carbocycles. The van der Waals surface area contributed by atoms with Gasteiger partial charge in [-0.2, -0.15) is 0 Å². The first-order valence-electron chi connectivity index (χ1n) is 3.43. The molecule has 0 aromatic carbocycles. The third-order valence-electron chi connectivity index (χ3n) is 1.79. The Kier molecular flexibility index (Phi) is 3.30. The monoisotopic (exact) mass is 228 g/mol. The van der Waals surface area contributed by atoms with Crippen molar-refractivity contribution in [1.82, 2.24) is 0 Å². The van der Waals surface area contributed by atoms with E-state index in [9.17, 15) is 5.11 Å². The Morgan fingerprint density at radius 3 is 2.36 bits per heavy atom. The first-order chi connectivity index (χ1) is 5.16. The first-order valence-corrected chi connectivity index (χ1v) is 5.63. The molecule has 1 fully saturated rings. The fourth-order valence-electron chi connectivity index (χ4n) is 1.03. The Balaban J connectivity index is 2.52. The van der Waals surface area contributed by atoms with Gasteiger partial charge < -0.3 is 0 Å². The molecule has 0 aromatic heterocycles. The summed E-state index contributed by atoms with van der Waals surface area (Å²) >= 11 is 0.0345. The van der Waals surface area contributed by atoms with Crippen molar-refractivity contribution in [2.75, 3.05) is 6.61 Å². The fraction of sp³-hybridized carbons (Fsp3) is 1.00. The normalized spacial score (nSPS) is 45.8. The van der Waals surface area contributed by atoms with E-state index in [4.69, 9.17) is 15.3 Å². The summed E-state index contributed by atoms with van der Waals surface area (Å²) in [5.74, 6) is 0. The second kappa shape index (κ2) is 3.85. The molecule has 0 spiro atoms. The van der Waals surface area contributed by atoms with Crippen molar-refractivity contribution in [3.8, 4) is 0 Å². The van der Waals surface area contributed by atoms with Crippen LogP contribution in [0.15, 0.2) is 0 Å². The van der Waals surface area contributed by atoms with Gasteiger partial charge in [-0.1, -0.05) is 0 Å². The molecule has 1 rings (SSSR count). The SMILES string of the molecule is OCC1[Se]C[C@H](O)C(O)[C@@H]1O. The zero-order valence-corrected chi connectivity index (χ0v) is 7.63. The van der Waals surface area contributed by atoms with Crippen molar-refractivity contribution >= 4 is 15.0 Å². The fourth-order valence-corrected chi connectivity index (χ4v) is 3.35. The topological polar surface area (TPSA) is 80.9 Å². The van der Waals surface area contributed by atoms with Gasteiger partial charge in [0, 0.05) is 0 Å². The summed E-state index contributed by atoms with van der Waals surface area (Å²) in [5, 5.41) is 36.7. The number of aliphatic hydroxyl groups excluding tert-OH is 4.